The molecule has 25 heavy (non-hydrogen) atoms. The van der Waals surface area contributed by atoms with Gasteiger partial charge in [-0.15, -0.1) is 0 Å². The SMILES string of the molecule is C[C@H]1CCCCC1n1c(-c2ccccc2)cc2cnc3[nH]ccc3c21. The first-order chi connectivity index (χ1) is 12.3. The lowest BCUT2D eigenvalue weighted by Crippen LogP contribution is -2.21. The average molecular weight is 329 g/mol. The van der Waals surface area contributed by atoms with Gasteiger partial charge in [0.1, 0.15) is 5.65 Å². The Balaban J connectivity index is 1.85. The number of hydrogen-bond acceptors (Lipinski definition) is 1. The van der Waals surface area contributed by atoms with Crippen LogP contribution in [-0.2, 0) is 0 Å². The molecule has 1 aromatic carbocycles. The standard InChI is InChI=1S/C22H23N3/c1-15-7-5-6-10-19(15)25-20(16-8-3-2-4-9-16)13-17-14-24-22-18(21(17)25)11-12-23-22/h2-4,8-9,11-15,19H,5-7,10H2,1H3,(H,23,24)/t15-,19?/m0/s1. The Bertz CT molecular complexity index is 1030. The summed E-state index contributed by atoms with van der Waals surface area (Å²) in [5.41, 5.74) is 4.93. The van der Waals surface area contributed by atoms with E-state index in [0.717, 1.165) is 5.65 Å². The minimum Gasteiger partial charge on any atom is -0.346 e. The lowest BCUT2D eigenvalue weighted by atomic mass is 9.85. The van der Waals surface area contributed by atoms with Gasteiger partial charge in [-0.3, -0.25) is 0 Å². The molecule has 0 radical (unpaired) electrons. The van der Waals surface area contributed by atoms with Gasteiger partial charge in [-0.1, -0.05) is 50.1 Å². The molecule has 1 fully saturated rings. The van der Waals surface area contributed by atoms with Crippen LogP contribution in [0.25, 0.3) is 33.2 Å². The van der Waals surface area contributed by atoms with Crippen molar-refractivity contribution < 1.29 is 0 Å². The number of benzene rings is 1. The van der Waals surface area contributed by atoms with Crippen molar-refractivity contribution in [2.24, 2.45) is 5.92 Å². The van der Waals surface area contributed by atoms with Crippen LogP contribution in [0.15, 0.2) is 54.9 Å². The van der Waals surface area contributed by atoms with Crippen molar-refractivity contribution >= 4 is 21.9 Å². The first-order valence-corrected chi connectivity index (χ1v) is 9.35. The molecule has 0 amide bonds. The average Bonchev–Trinajstić information content (AvgIpc) is 3.26. The first-order valence-electron chi connectivity index (χ1n) is 9.35. The van der Waals surface area contributed by atoms with Gasteiger partial charge in [0, 0.05) is 34.9 Å². The minimum atomic E-state index is 0.557. The van der Waals surface area contributed by atoms with Gasteiger partial charge in [0.05, 0.1) is 5.52 Å². The Morgan fingerprint density at radius 2 is 1.92 bits per heavy atom. The highest BCUT2D eigenvalue weighted by Gasteiger charge is 2.27. The molecule has 0 aliphatic heterocycles. The number of H-pyrrole nitrogens is 1. The maximum Gasteiger partial charge on any atom is 0.139 e. The Labute approximate surface area is 147 Å². The third-order valence-electron chi connectivity index (χ3n) is 5.85. The molecule has 0 bridgehead atoms. The van der Waals surface area contributed by atoms with E-state index >= 15 is 0 Å². The Morgan fingerprint density at radius 3 is 2.76 bits per heavy atom. The van der Waals surface area contributed by atoms with Crippen molar-refractivity contribution in [3.8, 4) is 11.3 Å². The van der Waals surface area contributed by atoms with E-state index in [4.69, 9.17) is 0 Å². The van der Waals surface area contributed by atoms with Crippen molar-refractivity contribution in [3.63, 3.8) is 0 Å². The predicted molar refractivity (Wildman–Crippen MR) is 104 cm³/mol. The van der Waals surface area contributed by atoms with Crippen LogP contribution in [0.5, 0.6) is 0 Å². The van der Waals surface area contributed by atoms with E-state index in [1.54, 1.807) is 0 Å². The van der Waals surface area contributed by atoms with E-state index in [-0.39, 0.29) is 0 Å². The highest BCUT2D eigenvalue weighted by Crippen LogP contribution is 2.41. The molecular weight excluding hydrogens is 306 g/mol. The monoisotopic (exact) mass is 329 g/mol. The zero-order valence-electron chi connectivity index (χ0n) is 14.6. The number of nitrogens with zero attached hydrogens (tertiary/aromatic N) is 2. The second-order valence-electron chi connectivity index (χ2n) is 7.40. The molecule has 0 saturated heterocycles. The lowest BCUT2D eigenvalue weighted by Gasteiger charge is -2.32. The zero-order chi connectivity index (χ0) is 16.8. The second kappa shape index (κ2) is 5.76. The van der Waals surface area contributed by atoms with Gasteiger partial charge in [0.2, 0.25) is 0 Å². The lowest BCUT2D eigenvalue weighted by molar-refractivity contribution is 0.265. The first kappa shape index (κ1) is 14.8. The third kappa shape index (κ3) is 2.30. The third-order valence-corrected chi connectivity index (χ3v) is 5.85. The second-order valence-corrected chi connectivity index (χ2v) is 7.40. The Morgan fingerprint density at radius 1 is 1.08 bits per heavy atom. The van der Waals surface area contributed by atoms with Crippen LogP contribution in [0.4, 0.5) is 0 Å². The molecule has 3 aromatic heterocycles. The fourth-order valence-electron chi connectivity index (χ4n) is 4.58. The summed E-state index contributed by atoms with van der Waals surface area (Å²) in [6.07, 6.45) is 9.29. The maximum atomic E-state index is 4.61. The number of hydrogen-bond donors (Lipinski definition) is 1. The number of fused-ring (bicyclic) bond motifs is 3. The van der Waals surface area contributed by atoms with E-state index < -0.39 is 0 Å². The van der Waals surface area contributed by atoms with E-state index in [0.29, 0.717) is 12.0 Å². The smallest absolute Gasteiger partial charge is 0.139 e. The molecule has 5 rings (SSSR count). The molecule has 1 N–H and O–H groups in total. The largest absolute Gasteiger partial charge is 0.346 e. The molecule has 3 heterocycles. The Hall–Kier alpha value is -2.55. The maximum absolute atomic E-state index is 4.61. The van der Waals surface area contributed by atoms with Crippen molar-refractivity contribution in [1.29, 1.82) is 0 Å². The molecule has 1 aliphatic carbocycles. The fourth-order valence-corrected chi connectivity index (χ4v) is 4.58. The van der Waals surface area contributed by atoms with Crippen LogP contribution < -0.4 is 0 Å². The number of aromatic amines is 1. The number of aromatic nitrogens is 3. The molecule has 1 saturated carbocycles. The normalized spacial score (nSPS) is 21.2. The molecule has 2 atom stereocenters. The molecule has 1 aliphatic rings. The molecule has 3 heteroatoms. The van der Waals surface area contributed by atoms with E-state index in [2.05, 4.69) is 63.9 Å². The number of pyridine rings is 1. The summed E-state index contributed by atoms with van der Waals surface area (Å²) in [6, 6.07) is 15.8. The van der Waals surface area contributed by atoms with Crippen LogP contribution in [0.3, 0.4) is 0 Å². The topological polar surface area (TPSA) is 33.6 Å². The summed E-state index contributed by atoms with van der Waals surface area (Å²) in [7, 11) is 0. The highest BCUT2D eigenvalue weighted by atomic mass is 15.0. The van der Waals surface area contributed by atoms with Gasteiger partial charge in [-0.2, -0.15) is 0 Å². The molecule has 4 aromatic rings. The van der Waals surface area contributed by atoms with Crippen molar-refractivity contribution in [1.82, 2.24) is 14.5 Å². The van der Waals surface area contributed by atoms with Crippen molar-refractivity contribution in [2.75, 3.05) is 0 Å². The summed E-state index contributed by atoms with van der Waals surface area (Å²) >= 11 is 0. The van der Waals surface area contributed by atoms with Crippen LogP contribution in [0, 0.1) is 5.92 Å². The summed E-state index contributed by atoms with van der Waals surface area (Å²) in [5, 5.41) is 2.47. The van der Waals surface area contributed by atoms with Crippen LogP contribution >= 0.6 is 0 Å². The molecule has 0 spiro atoms. The van der Waals surface area contributed by atoms with E-state index in [9.17, 15) is 0 Å². The van der Waals surface area contributed by atoms with E-state index in [1.165, 1.54) is 53.2 Å². The quantitative estimate of drug-likeness (QED) is 0.485. The Kier molecular flexibility index (Phi) is 3.40. The van der Waals surface area contributed by atoms with Gasteiger partial charge >= 0.3 is 0 Å². The molecule has 126 valence electrons. The van der Waals surface area contributed by atoms with Gasteiger partial charge in [-0.25, -0.2) is 4.98 Å². The van der Waals surface area contributed by atoms with Gasteiger partial charge in [0.25, 0.3) is 0 Å². The van der Waals surface area contributed by atoms with Gasteiger partial charge in [0.15, 0.2) is 0 Å². The van der Waals surface area contributed by atoms with E-state index in [1.807, 2.05) is 12.4 Å². The summed E-state index contributed by atoms with van der Waals surface area (Å²) in [4.78, 5) is 7.89. The van der Waals surface area contributed by atoms with Crippen LogP contribution in [0.2, 0.25) is 0 Å². The van der Waals surface area contributed by atoms with Crippen molar-refractivity contribution in [2.45, 2.75) is 38.6 Å². The molecular formula is C22H23N3. The van der Waals surface area contributed by atoms with Crippen molar-refractivity contribution in [3.05, 3.63) is 54.9 Å². The number of nitrogens with one attached hydrogen (secondary N) is 1. The minimum absolute atomic E-state index is 0.557. The number of rotatable bonds is 2. The zero-order valence-corrected chi connectivity index (χ0v) is 14.6. The summed E-state index contributed by atoms with van der Waals surface area (Å²) in [6.45, 7) is 2.42. The van der Waals surface area contributed by atoms with Gasteiger partial charge in [-0.05, 0) is 36.5 Å². The summed E-state index contributed by atoms with van der Waals surface area (Å²) in [5.74, 6) is 0.703. The summed E-state index contributed by atoms with van der Waals surface area (Å²) < 4.78 is 2.62. The van der Waals surface area contributed by atoms with Gasteiger partial charge < -0.3 is 9.55 Å². The predicted octanol–water partition coefficient (Wildman–Crippen LogP) is 5.94. The molecule has 1 unspecified atom stereocenters. The van der Waals surface area contributed by atoms with Crippen LogP contribution in [0.1, 0.15) is 38.6 Å². The molecule has 3 nitrogen and oxygen atoms in total. The van der Waals surface area contributed by atoms with Crippen LogP contribution in [-0.4, -0.2) is 14.5 Å². The fraction of sp³-hybridized carbons (Fsp3) is 0.318. The highest BCUT2D eigenvalue weighted by molar-refractivity contribution is 6.05.